The first-order valence-corrected chi connectivity index (χ1v) is 5.14. The van der Waals surface area contributed by atoms with E-state index in [1.807, 2.05) is 6.92 Å². The predicted molar refractivity (Wildman–Crippen MR) is 55.5 cm³/mol. The Balaban J connectivity index is 3.06. The second kappa shape index (κ2) is 4.76. The van der Waals surface area contributed by atoms with Gasteiger partial charge < -0.3 is 5.43 Å². The Morgan fingerprint density at radius 3 is 2.53 bits per heavy atom. The number of nitrogens with two attached hydrogens (primary N) is 1. The third kappa shape index (κ3) is 3.32. The molecule has 1 aromatic carbocycles. The van der Waals surface area contributed by atoms with Crippen molar-refractivity contribution in [3.63, 3.8) is 0 Å². The van der Waals surface area contributed by atoms with Crippen LogP contribution in [0.2, 0.25) is 0 Å². The highest BCUT2D eigenvalue weighted by Gasteiger charge is 2.30. The number of hydrogen-bond acceptors (Lipinski definition) is 3. The van der Waals surface area contributed by atoms with E-state index in [1.165, 1.54) is 6.07 Å². The van der Waals surface area contributed by atoms with Crippen LogP contribution in [0.15, 0.2) is 23.1 Å². The molecule has 0 atom stereocenters. The van der Waals surface area contributed by atoms with Gasteiger partial charge in [0.1, 0.15) is 0 Å². The van der Waals surface area contributed by atoms with Gasteiger partial charge in [-0.3, -0.25) is 5.84 Å². The van der Waals surface area contributed by atoms with Gasteiger partial charge >= 0.3 is 5.51 Å². The third-order valence-corrected chi connectivity index (χ3v) is 2.66. The van der Waals surface area contributed by atoms with E-state index < -0.39 is 5.51 Å². The summed E-state index contributed by atoms with van der Waals surface area (Å²) in [5, 5.41) is 0. The highest BCUT2D eigenvalue weighted by atomic mass is 32.2. The molecule has 0 radical (unpaired) electrons. The molecule has 84 valence electrons. The Labute approximate surface area is 90.0 Å². The van der Waals surface area contributed by atoms with E-state index in [-0.39, 0.29) is 16.7 Å². The Bertz CT molecular complexity index is 339. The van der Waals surface area contributed by atoms with Gasteiger partial charge in [0.05, 0.1) is 5.69 Å². The summed E-state index contributed by atoms with van der Waals surface area (Å²) >= 11 is -0.161. The number of benzene rings is 1. The standard InChI is InChI=1S/C9H11F3N2S/c1-2-6-4-3-5-7(8(6)14-13)15-9(10,11)12/h3-5,14H,2,13H2,1H3. The lowest BCUT2D eigenvalue weighted by molar-refractivity contribution is -0.0327. The van der Waals surface area contributed by atoms with Gasteiger partial charge in [-0.15, -0.1) is 0 Å². The normalized spacial score (nSPS) is 11.5. The summed E-state index contributed by atoms with van der Waals surface area (Å²) in [4.78, 5) is 0.101. The van der Waals surface area contributed by atoms with Crippen molar-refractivity contribution in [3.8, 4) is 0 Å². The first-order valence-electron chi connectivity index (χ1n) is 4.32. The van der Waals surface area contributed by atoms with Gasteiger partial charge in [-0.2, -0.15) is 13.2 Å². The molecule has 0 saturated heterocycles. The molecule has 1 rings (SSSR count). The zero-order chi connectivity index (χ0) is 11.5. The lowest BCUT2D eigenvalue weighted by Gasteiger charge is -2.13. The van der Waals surface area contributed by atoms with Crippen molar-refractivity contribution in [1.29, 1.82) is 0 Å². The number of aryl methyl sites for hydroxylation is 1. The first-order chi connectivity index (χ1) is 6.98. The third-order valence-electron chi connectivity index (χ3n) is 1.86. The summed E-state index contributed by atoms with van der Waals surface area (Å²) in [6.07, 6.45) is 0.631. The molecule has 0 spiro atoms. The molecular formula is C9H11F3N2S. The number of halogens is 3. The summed E-state index contributed by atoms with van der Waals surface area (Å²) in [5.74, 6) is 5.22. The molecule has 0 fully saturated rings. The molecule has 0 heterocycles. The maximum Gasteiger partial charge on any atom is 0.446 e. The fourth-order valence-corrected chi connectivity index (χ4v) is 1.93. The number of rotatable bonds is 3. The Morgan fingerprint density at radius 1 is 1.40 bits per heavy atom. The fourth-order valence-electron chi connectivity index (χ4n) is 1.24. The molecule has 3 N–H and O–H groups in total. The number of hydrogen-bond donors (Lipinski definition) is 2. The summed E-state index contributed by atoms with van der Waals surface area (Å²) in [6.45, 7) is 1.86. The van der Waals surface area contributed by atoms with Crippen molar-refractivity contribution in [3.05, 3.63) is 23.8 Å². The molecule has 0 saturated carbocycles. The van der Waals surface area contributed by atoms with E-state index in [0.717, 1.165) is 5.56 Å². The van der Waals surface area contributed by atoms with E-state index in [0.29, 0.717) is 12.1 Å². The number of thioether (sulfide) groups is 1. The molecule has 0 unspecified atom stereocenters. The number of anilines is 1. The zero-order valence-corrected chi connectivity index (χ0v) is 8.88. The summed E-state index contributed by atoms with van der Waals surface area (Å²) in [7, 11) is 0. The molecular weight excluding hydrogens is 225 g/mol. The first kappa shape index (κ1) is 12.2. The van der Waals surface area contributed by atoms with Crippen LogP contribution in [-0.4, -0.2) is 5.51 Å². The van der Waals surface area contributed by atoms with Crippen molar-refractivity contribution in [2.24, 2.45) is 5.84 Å². The fraction of sp³-hybridized carbons (Fsp3) is 0.333. The van der Waals surface area contributed by atoms with Crippen molar-refractivity contribution in [2.45, 2.75) is 23.7 Å². The van der Waals surface area contributed by atoms with Gasteiger partial charge in [0, 0.05) is 4.90 Å². The minimum atomic E-state index is -4.29. The van der Waals surface area contributed by atoms with E-state index in [1.54, 1.807) is 12.1 Å². The molecule has 15 heavy (non-hydrogen) atoms. The van der Waals surface area contributed by atoms with Crippen LogP contribution in [0.3, 0.4) is 0 Å². The van der Waals surface area contributed by atoms with Crippen LogP contribution >= 0.6 is 11.8 Å². The minimum absolute atomic E-state index is 0.101. The van der Waals surface area contributed by atoms with Crippen LogP contribution in [-0.2, 0) is 6.42 Å². The van der Waals surface area contributed by atoms with E-state index >= 15 is 0 Å². The van der Waals surface area contributed by atoms with Crippen molar-refractivity contribution in [1.82, 2.24) is 0 Å². The topological polar surface area (TPSA) is 38.0 Å². The van der Waals surface area contributed by atoms with Crippen LogP contribution in [0, 0.1) is 0 Å². The maximum absolute atomic E-state index is 12.2. The monoisotopic (exact) mass is 236 g/mol. The molecule has 0 aliphatic heterocycles. The molecule has 6 heteroatoms. The van der Waals surface area contributed by atoms with E-state index in [4.69, 9.17) is 5.84 Å². The average molecular weight is 236 g/mol. The van der Waals surface area contributed by atoms with Crippen LogP contribution in [0.4, 0.5) is 18.9 Å². The van der Waals surface area contributed by atoms with Gasteiger partial charge in [0.15, 0.2) is 0 Å². The Morgan fingerprint density at radius 2 is 2.07 bits per heavy atom. The molecule has 0 bridgehead atoms. The van der Waals surface area contributed by atoms with Gasteiger partial charge in [-0.05, 0) is 29.8 Å². The molecule has 0 aliphatic rings. The quantitative estimate of drug-likeness (QED) is 0.481. The number of nitrogens with one attached hydrogen (secondary N) is 1. The van der Waals surface area contributed by atoms with Crippen molar-refractivity contribution >= 4 is 17.4 Å². The number of para-hydroxylation sites is 1. The highest BCUT2D eigenvalue weighted by molar-refractivity contribution is 8.00. The molecule has 2 nitrogen and oxygen atoms in total. The van der Waals surface area contributed by atoms with Crippen molar-refractivity contribution in [2.75, 3.05) is 5.43 Å². The lowest BCUT2D eigenvalue weighted by Crippen LogP contribution is -2.11. The highest BCUT2D eigenvalue weighted by Crippen LogP contribution is 2.41. The maximum atomic E-state index is 12.2. The summed E-state index contributed by atoms with van der Waals surface area (Å²) in [5.41, 5.74) is -0.857. The predicted octanol–water partition coefficient (Wildman–Crippen LogP) is 3.15. The molecule has 0 amide bonds. The van der Waals surface area contributed by atoms with Crippen LogP contribution in [0.5, 0.6) is 0 Å². The molecule has 1 aromatic rings. The van der Waals surface area contributed by atoms with E-state index in [9.17, 15) is 13.2 Å². The summed E-state index contributed by atoms with van der Waals surface area (Å²) in [6, 6.07) is 4.73. The average Bonchev–Trinajstić information content (AvgIpc) is 2.15. The SMILES string of the molecule is CCc1cccc(SC(F)(F)F)c1NN. The van der Waals surface area contributed by atoms with E-state index in [2.05, 4.69) is 5.43 Å². The van der Waals surface area contributed by atoms with Gasteiger partial charge in [-0.1, -0.05) is 19.1 Å². The zero-order valence-electron chi connectivity index (χ0n) is 8.06. The second-order valence-electron chi connectivity index (χ2n) is 2.84. The minimum Gasteiger partial charge on any atom is -0.323 e. The second-order valence-corrected chi connectivity index (χ2v) is 3.94. The number of hydrazine groups is 1. The van der Waals surface area contributed by atoms with Gasteiger partial charge in [-0.25, -0.2) is 0 Å². The molecule has 0 aliphatic carbocycles. The van der Waals surface area contributed by atoms with Crippen molar-refractivity contribution < 1.29 is 13.2 Å². The van der Waals surface area contributed by atoms with Crippen LogP contribution in [0.25, 0.3) is 0 Å². The Kier molecular flexibility index (Phi) is 3.87. The smallest absolute Gasteiger partial charge is 0.323 e. The summed E-state index contributed by atoms with van der Waals surface area (Å²) < 4.78 is 36.6. The number of alkyl halides is 3. The Hall–Kier alpha value is -0.880. The lowest BCUT2D eigenvalue weighted by atomic mass is 10.1. The van der Waals surface area contributed by atoms with Gasteiger partial charge in [0.2, 0.25) is 0 Å². The number of nitrogen functional groups attached to an aromatic ring is 1. The van der Waals surface area contributed by atoms with Crippen LogP contribution < -0.4 is 11.3 Å². The van der Waals surface area contributed by atoms with Gasteiger partial charge in [0.25, 0.3) is 0 Å². The molecule has 0 aromatic heterocycles. The largest absolute Gasteiger partial charge is 0.446 e. The van der Waals surface area contributed by atoms with Crippen LogP contribution in [0.1, 0.15) is 12.5 Å².